The molecule has 29 heavy (non-hydrogen) atoms. The summed E-state index contributed by atoms with van der Waals surface area (Å²) in [5, 5.41) is 14.1. The Hall–Kier alpha value is -1.70. The van der Waals surface area contributed by atoms with Crippen LogP contribution in [-0.2, 0) is 6.42 Å². The fourth-order valence-electron chi connectivity index (χ4n) is 6.88. The summed E-state index contributed by atoms with van der Waals surface area (Å²) in [6, 6.07) is 4.81. The summed E-state index contributed by atoms with van der Waals surface area (Å²) in [6.45, 7) is 6.56. The van der Waals surface area contributed by atoms with E-state index in [-0.39, 0.29) is 11.5 Å². The van der Waals surface area contributed by atoms with E-state index in [2.05, 4.69) is 42.1 Å². The van der Waals surface area contributed by atoms with E-state index < -0.39 is 0 Å². The maximum absolute atomic E-state index is 10.6. The molecule has 0 spiro atoms. The van der Waals surface area contributed by atoms with Crippen LogP contribution < -0.4 is 15.0 Å². The van der Waals surface area contributed by atoms with Crippen molar-refractivity contribution in [3.05, 3.63) is 23.3 Å². The molecule has 4 aliphatic rings. The van der Waals surface area contributed by atoms with Gasteiger partial charge in [-0.2, -0.15) is 0 Å². The van der Waals surface area contributed by atoms with Crippen LogP contribution in [0.4, 0.5) is 5.69 Å². The second-order valence-electron chi connectivity index (χ2n) is 9.51. The van der Waals surface area contributed by atoms with Crippen LogP contribution in [0.15, 0.2) is 12.1 Å². The lowest BCUT2D eigenvalue weighted by molar-refractivity contribution is -0.0226. The highest BCUT2D eigenvalue weighted by molar-refractivity contribution is 5.63. The Morgan fingerprint density at radius 3 is 2.62 bits per heavy atom. The molecular formula is C25H36N2O2. The molecule has 0 amide bonds. The van der Waals surface area contributed by atoms with Gasteiger partial charge < -0.3 is 20.1 Å². The van der Waals surface area contributed by atoms with Gasteiger partial charge in [-0.05, 0) is 85.0 Å². The number of fused-ring (bicyclic) bond motifs is 5. The molecule has 5 unspecified atom stereocenters. The summed E-state index contributed by atoms with van der Waals surface area (Å²) in [7, 11) is 1.81. The zero-order valence-electron chi connectivity index (χ0n) is 18.0. The Kier molecular flexibility index (Phi) is 5.82. The largest absolute Gasteiger partial charge is 0.495 e. The van der Waals surface area contributed by atoms with E-state index in [0.29, 0.717) is 11.8 Å². The predicted octanol–water partition coefficient (Wildman–Crippen LogP) is 3.57. The lowest BCUT2D eigenvalue weighted by Gasteiger charge is -2.50. The van der Waals surface area contributed by atoms with Crippen molar-refractivity contribution in [1.82, 2.24) is 5.32 Å². The van der Waals surface area contributed by atoms with Crippen molar-refractivity contribution in [2.24, 2.45) is 17.3 Å². The summed E-state index contributed by atoms with van der Waals surface area (Å²) in [5.41, 5.74) is 4.54. The van der Waals surface area contributed by atoms with Crippen LogP contribution in [0.2, 0.25) is 0 Å². The lowest BCUT2D eigenvalue weighted by Crippen LogP contribution is -2.45. The number of piperazine rings is 1. The number of nitrogens with zero attached hydrogens (tertiary/aromatic N) is 1. The zero-order valence-corrected chi connectivity index (χ0v) is 18.0. The van der Waals surface area contributed by atoms with E-state index in [0.717, 1.165) is 50.7 Å². The Bertz CT molecular complexity index is 755. The van der Waals surface area contributed by atoms with Crippen LogP contribution in [-0.4, -0.2) is 44.5 Å². The predicted molar refractivity (Wildman–Crippen MR) is 119 cm³/mol. The highest BCUT2D eigenvalue weighted by atomic mass is 16.5. The van der Waals surface area contributed by atoms with Crippen LogP contribution in [0.25, 0.3) is 0 Å². The van der Waals surface area contributed by atoms with Gasteiger partial charge in [-0.15, -0.1) is 12.8 Å². The second-order valence-corrected chi connectivity index (χ2v) is 9.51. The number of rotatable bonds is 2. The van der Waals surface area contributed by atoms with Crippen LogP contribution in [0.1, 0.15) is 56.1 Å². The molecule has 1 aliphatic heterocycles. The Labute approximate surface area is 176 Å². The standard InChI is InChI=1S/C23H34N2O2.C2H2/c1-23-8-7-16-17(19(23)5-6-22(23)26)4-3-15-13-21(27-2)20(14-18(15)16)25-11-9-24-10-12-25;1-2/h13-14,16-17,19,22,24,26H,3-12H2,1-2H3;1-2H. The molecule has 1 aromatic rings. The van der Waals surface area contributed by atoms with Gasteiger partial charge in [0.2, 0.25) is 0 Å². The monoisotopic (exact) mass is 396 g/mol. The number of benzene rings is 1. The number of ether oxygens (including phenoxy) is 1. The van der Waals surface area contributed by atoms with Gasteiger partial charge in [0.1, 0.15) is 5.75 Å². The minimum Gasteiger partial charge on any atom is -0.495 e. The fourth-order valence-corrected chi connectivity index (χ4v) is 6.88. The normalized spacial score (nSPS) is 35.6. The number of nitrogens with one attached hydrogen (secondary N) is 1. The first-order valence-corrected chi connectivity index (χ1v) is 11.3. The van der Waals surface area contributed by atoms with E-state index in [1.165, 1.54) is 36.9 Å². The van der Waals surface area contributed by atoms with Crippen LogP contribution in [0, 0.1) is 30.1 Å². The highest BCUT2D eigenvalue weighted by Gasteiger charge is 2.54. The molecule has 0 aromatic heterocycles. The maximum atomic E-state index is 10.6. The van der Waals surface area contributed by atoms with Crippen molar-refractivity contribution in [3.8, 4) is 18.6 Å². The van der Waals surface area contributed by atoms with Gasteiger partial charge in [-0.1, -0.05) is 6.92 Å². The van der Waals surface area contributed by atoms with Crippen molar-refractivity contribution in [1.29, 1.82) is 0 Å². The number of anilines is 1. The number of methoxy groups -OCH3 is 1. The SMILES string of the molecule is C#C.COc1cc2c(cc1N1CCNCC1)C1CCC3(C)C(O)CCC3C1CC2. The summed E-state index contributed by atoms with van der Waals surface area (Å²) in [5.74, 6) is 3.16. The molecule has 4 nitrogen and oxygen atoms in total. The molecular weight excluding hydrogens is 360 g/mol. The second kappa shape index (κ2) is 8.20. The Morgan fingerprint density at radius 1 is 1.14 bits per heavy atom. The van der Waals surface area contributed by atoms with Crippen molar-refractivity contribution >= 4 is 5.69 Å². The zero-order chi connectivity index (χ0) is 20.6. The average Bonchev–Trinajstić information content (AvgIpc) is 3.09. The van der Waals surface area contributed by atoms with E-state index in [1.54, 1.807) is 5.56 Å². The van der Waals surface area contributed by atoms with Crippen molar-refractivity contribution in [3.63, 3.8) is 0 Å². The highest BCUT2D eigenvalue weighted by Crippen LogP contribution is 2.61. The molecule has 1 saturated heterocycles. The first kappa shape index (κ1) is 20.6. The summed E-state index contributed by atoms with van der Waals surface area (Å²) in [6.07, 6.45) is 15.0. The lowest BCUT2D eigenvalue weighted by atomic mass is 9.55. The number of terminal acetylenes is 1. The molecule has 5 rings (SSSR count). The molecule has 1 heterocycles. The van der Waals surface area contributed by atoms with Gasteiger partial charge in [0, 0.05) is 26.2 Å². The minimum atomic E-state index is -0.0860. The molecule has 0 bridgehead atoms. The summed E-state index contributed by atoms with van der Waals surface area (Å²) >= 11 is 0. The number of aryl methyl sites for hydroxylation is 1. The fraction of sp³-hybridized carbons (Fsp3) is 0.680. The van der Waals surface area contributed by atoms with Crippen molar-refractivity contribution < 1.29 is 9.84 Å². The molecule has 158 valence electrons. The van der Waals surface area contributed by atoms with Gasteiger partial charge in [0.25, 0.3) is 0 Å². The Balaban J connectivity index is 0.000000994. The first-order chi connectivity index (χ1) is 14.1. The van der Waals surface area contributed by atoms with E-state index >= 15 is 0 Å². The molecule has 1 aromatic carbocycles. The number of aliphatic hydroxyl groups is 1. The smallest absolute Gasteiger partial charge is 0.142 e. The van der Waals surface area contributed by atoms with E-state index in [9.17, 15) is 5.11 Å². The van der Waals surface area contributed by atoms with Gasteiger partial charge in [-0.25, -0.2) is 0 Å². The van der Waals surface area contributed by atoms with Gasteiger partial charge in [0.05, 0.1) is 18.9 Å². The molecule has 5 atom stereocenters. The van der Waals surface area contributed by atoms with Crippen molar-refractivity contribution in [2.75, 3.05) is 38.2 Å². The van der Waals surface area contributed by atoms with Crippen molar-refractivity contribution in [2.45, 2.75) is 57.5 Å². The molecule has 3 fully saturated rings. The summed E-state index contributed by atoms with van der Waals surface area (Å²) < 4.78 is 5.80. The third kappa shape index (κ3) is 3.33. The summed E-state index contributed by atoms with van der Waals surface area (Å²) in [4.78, 5) is 2.49. The van der Waals surface area contributed by atoms with Crippen LogP contribution >= 0.6 is 0 Å². The number of aliphatic hydroxyl groups excluding tert-OH is 1. The molecule has 2 N–H and O–H groups in total. The van der Waals surface area contributed by atoms with Crippen LogP contribution in [0.3, 0.4) is 0 Å². The van der Waals surface area contributed by atoms with Crippen LogP contribution in [0.5, 0.6) is 5.75 Å². The third-order valence-corrected chi connectivity index (χ3v) is 8.43. The number of hydrogen-bond donors (Lipinski definition) is 2. The van der Waals surface area contributed by atoms with Gasteiger partial charge in [-0.3, -0.25) is 0 Å². The Morgan fingerprint density at radius 2 is 1.90 bits per heavy atom. The van der Waals surface area contributed by atoms with Gasteiger partial charge >= 0.3 is 0 Å². The third-order valence-electron chi connectivity index (χ3n) is 8.43. The molecule has 4 heteroatoms. The first-order valence-electron chi connectivity index (χ1n) is 11.3. The van der Waals surface area contributed by atoms with E-state index in [1.807, 2.05) is 7.11 Å². The topological polar surface area (TPSA) is 44.7 Å². The number of hydrogen-bond acceptors (Lipinski definition) is 4. The molecule has 0 radical (unpaired) electrons. The molecule has 2 saturated carbocycles. The molecule has 3 aliphatic carbocycles. The quantitative estimate of drug-likeness (QED) is 0.750. The minimum absolute atomic E-state index is 0.0860. The van der Waals surface area contributed by atoms with E-state index in [4.69, 9.17) is 4.74 Å². The van der Waals surface area contributed by atoms with Gasteiger partial charge in [0.15, 0.2) is 0 Å². The average molecular weight is 397 g/mol. The maximum Gasteiger partial charge on any atom is 0.142 e.